The van der Waals surface area contributed by atoms with Crippen molar-refractivity contribution in [1.82, 2.24) is 0 Å². The first-order valence-electron chi connectivity index (χ1n) is 10.9. The van der Waals surface area contributed by atoms with Crippen LogP contribution >= 0.6 is 11.8 Å². The fourth-order valence-corrected chi connectivity index (χ4v) is 5.33. The van der Waals surface area contributed by atoms with Gasteiger partial charge in [0.2, 0.25) is 0 Å². The first-order valence-corrected chi connectivity index (χ1v) is 11.9. The van der Waals surface area contributed by atoms with Crippen LogP contribution in [0.4, 0.5) is 0 Å². The number of hydrogen-bond acceptors (Lipinski definition) is 2. The van der Waals surface area contributed by atoms with Gasteiger partial charge in [0, 0.05) is 21.8 Å². The van der Waals surface area contributed by atoms with Crippen molar-refractivity contribution in [3.8, 4) is 0 Å². The van der Waals surface area contributed by atoms with Crippen LogP contribution in [0.1, 0.15) is 17.2 Å². The van der Waals surface area contributed by atoms with Crippen LogP contribution in [0.25, 0.3) is 0 Å². The van der Waals surface area contributed by atoms with E-state index in [1.54, 1.807) is 16.7 Å². The second-order valence-electron chi connectivity index (χ2n) is 8.14. The fraction of sp³-hybridized carbons (Fsp3) is 0.308. The van der Waals surface area contributed by atoms with Gasteiger partial charge in [-0.25, -0.2) is 0 Å². The van der Waals surface area contributed by atoms with Gasteiger partial charge in [0.15, 0.2) is 0 Å². The molecule has 0 spiro atoms. The summed E-state index contributed by atoms with van der Waals surface area (Å²) in [5.41, 5.74) is 2.78. The minimum Gasteiger partial charge on any atom is -0.386 e. The Balaban J connectivity index is 1.33. The Morgan fingerprint density at radius 3 is 1.73 bits per heavy atom. The number of piperazine rings is 1. The van der Waals surface area contributed by atoms with Crippen LogP contribution < -0.4 is 9.80 Å². The summed E-state index contributed by atoms with van der Waals surface area (Å²) < 4.78 is 0. The van der Waals surface area contributed by atoms with Gasteiger partial charge in [-0.1, -0.05) is 78.9 Å². The molecule has 3 nitrogen and oxygen atoms in total. The molecule has 4 rings (SSSR count). The lowest BCUT2D eigenvalue weighted by atomic mass is 9.96. The fourth-order valence-electron chi connectivity index (χ4n) is 4.47. The molecule has 3 N–H and O–H groups in total. The zero-order valence-corrected chi connectivity index (χ0v) is 18.2. The number of nitrogens with one attached hydrogen (secondary N) is 2. The maximum atomic E-state index is 10.5. The van der Waals surface area contributed by atoms with Crippen LogP contribution in [-0.4, -0.2) is 49.7 Å². The second kappa shape index (κ2) is 10.8. The average molecular weight is 421 g/mol. The van der Waals surface area contributed by atoms with Gasteiger partial charge in [0.1, 0.15) is 44.9 Å². The van der Waals surface area contributed by atoms with Gasteiger partial charge in [0.25, 0.3) is 0 Å². The van der Waals surface area contributed by atoms with Crippen molar-refractivity contribution >= 4 is 11.8 Å². The molecule has 0 saturated carbocycles. The van der Waals surface area contributed by atoms with Gasteiger partial charge in [-0.3, -0.25) is 0 Å². The number of aliphatic hydroxyl groups excluding tert-OH is 1. The Labute approximate surface area is 184 Å². The van der Waals surface area contributed by atoms with Gasteiger partial charge < -0.3 is 14.9 Å². The van der Waals surface area contributed by atoms with Crippen molar-refractivity contribution in [3.63, 3.8) is 0 Å². The molecule has 1 aliphatic rings. The van der Waals surface area contributed by atoms with Crippen molar-refractivity contribution in [2.75, 3.05) is 38.5 Å². The largest absolute Gasteiger partial charge is 0.386 e. The number of benzene rings is 3. The minimum absolute atomic E-state index is 0.259. The summed E-state index contributed by atoms with van der Waals surface area (Å²) in [6, 6.07) is 32.5. The zero-order valence-electron chi connectivity index (χ0n) is 17.4. The molecular formula is C26H32N2OS+2. The summed E-state index contributed by atoms with van der Waals surface area (Å²) in [7, 11) is 0. The molecule has 1 heterocycles. The van der Waals surface area contributed by atoms with Crippen LogP contribution in [0.5, 0.6) is 0 Å². The van der Waals surface area contributed by atoms with E-state index < -0.39 is 0 Å². The maximum Gasteiger partial charge on any atom is 0.139 e. The van der Waals surface area contributed by atoms with E-state index >= 15 is 0 Å². The van der Waals surface area contributed by atoms with Gasteiger partial charge in [-0.05, 0) is 12.1 Å². The molecule has 0 aliphatic carbocycles. The molecule has 4 heteroatoms. The molecule has 1 fully saturated rings. The normalized spacial score (nSPS) is 20.2. The summed E-state index contributed by atoms with van der Waals surface area (Å²) >= 11 is 1.75. The third-order valence-electron chi connectivity index (χ3n) is 5.98. The lowest BCUT2D eigenvalue weighted by Crippen LogP contribution is -3.28. The Kier molecular flexibility index (Phi) is 7.59. The number of hydrogen-bond donors (Lipinski definition) is 3. The molecule has 1 atom stereocenters. The monoisotopic (exact) mass is 420 g/mol. The van der Waals surface area contributed by atoms with Crippen molar-refractivity contribution in [2.45, 2.75) is 17.0 Å². The smallest absolute Gasteiger partial charge is 0.139 e. The second-order valence-corrected chi connectivity index (χ2v) is 9.24. The van der Waals surface area contributed by atoms with Crippen LogP contribution in [0.2, 0.25) is 0 Å². The molecule has 3 aromatic rings. The first kappa shape index (κ1) is 21.1. The van der Waals surface area contributed by atoms with Crippen LogP contribution in [0.3, 0.4) is 0 Å². The molecule has 30 heavy (non-hydrogen) atoms. The van der Waals surface area contributed by atoms with Crippen molar-refractivity contribution < 1.29 is 14.9 Å². The zero-order chi connectivity index (χ0) is 20.6. The summed E-state index contributed by atoms with van der Waals surface area (Å²) in [5.74, 6) is 0.765. The highest BCUT2D eigenvalue weighted by molar-refractivity contribution is 7.99. The molecule has 1 aliphatic heterocycles. The van der Waals surface area contributed by atoms with E-state index in [0.29, 0.717) is 6.04 Å². The van der Waals surface area contributed by atoms with Gasteiger partial charge in [0.05, 0.1) is 0 Å². The highest BCUT2D eigenvalue weighted by atomic mass is 32.2. The molecule has 0 radical (unpaired) electrons. The Morgan fingerprint density at radius 2 is 1.20 bits per heavy atom. The third-order valence-corrected chi connectivity index (χ3v) is 7.14. The van der Waals surface area contributed by atoms with Gasteiger partial charge >= 0.3 is 0 Å². The molecule has 0 aromatic heterocycles. The molecular weight excluding hydrogens is 388 g/mol. The van der Waals surface area contributed by atoms with Crippen molar-refractivity contribution in [3.05, 3.63) is 102 Å². The van der Waals surface area contributed by atoms with Crippen LogP contribution in [0, 0.1) is 0 Å². The van der Waals surface area contributed by atoms with Gasteiger partial charge in [-0.15, -0.1) is 11.8 Å². The van der Waals surface area contributed by atoms with Gasteiger partial charge in [-0.2, -0.15) is 0 Å². The van der Waals surface area contributed by atoms with Crippen molar-refractivity contribution in [2.24, 2.45) is 0 Å². The van der Waals surface area contributed by atoms with E-state index in [-0.39, 0.29) is 6.10 Å². The molecule has 0 amide bonds. The highest BCUT2D eigenvalue weighted by Gasteiger charge is 2.32. The molecule has 156 valence electrons. The van der Waals surface area contributed by atoms with Crippen LogP contribution in [0.15, 0.2) is 95.9 Å². The van der Waals surface area contributed by atoms with Crippen LogP contribution in [-0.2, 0) is 0 Å². The highest BCUT2D eigenvalue weighted by Crippen LogP contribution is 2.19. The number of rotatable bonds is 8. The predicted molar refractivity (Wildman–Crippen MR) is 124 cm³/mol. The molecule has 1 saturated heterocycles. The van der Waals surface area contributed by atoms with E-state index in [1.807, 2.05) is 6.07 Å². The minimum atomic E-state index is -0.259. The standard InChI is InChI=1S/C26H30N2OS/c29-24(21-30-25-14-8-3-9-15-25)20-27-16-18-28(19-17-27)26(22-10-4-1-5-11-22)23-12-6-2-7-13-23/h1-15,24,26,29H,16-21H2/p+2/t24-/m0/s1. The summed E-state index contributed by atoms with van der Waals surface area (Å²) in [4.78, 5) is 4.39. The molecule has 0 unspecified atom stereocenters. The number of thioether (sulfide) groups is 1. The number of quaternary nitrogens is 2. The van der Waals surface area contributed by atoms with E-state index in [9.17, 15) is 5.11 Å². The van der Waals surface area contributed by atoms with E-state index in [0.717, 1.165) is 38.5 Å². The molecule has 3 aromatic carbocycles. The SMILES string of the molecule is O[C@H](CSc1ccccc1)C[NH+]1CC[NH+](C(c2ccccc2)c2ccccc2)CC1. The maximum absolute atomic E-state index is 10.5. The molecule has 0 bridgehead atoms. The van der Waals surface area contributed by atoms with E-state index in [4.69, 9.17) is 0 Å². The van der Waals surface area contributed by atoms with Crippen molar-refractivity contribution in [1.29, 1.82) is 0 Å². The Morgan fingerprint density at radius 1 is 0.700 bits per heavy atom. The third kappa shape index (κ3) is 5.73. The quantitative estimate of drug-likeness (QED) is 0.485. The lowest BCUT2D eigenvalue weighted by Gasteiger charge is -2.35. The average Bonchev–Trinajstić information content (AvgIpc) is 2.81. The predicted octanol–water partition coefficient (Wildman–Crippen LogP) is 1.71. The Hall–Kier alpha value is -2.11. The lowest BCUT2D eigenvalue weighted by molar-refractivity contribution is -1.02. The topological polar surface area (TPSA) is 29.1 Å². The summed E-state index contributed by atoms with van der Waals surface area (Å²) in [6.45, 7) is 5.32. The summed E-state index contributed by atoms with van der Waals surface area (Å²) in [5, 5.41) is 10.5. The summed E-state index contributed by atoms with van der Waals surface area (Å²) in [6.07, 6.45) is -0.259. The Bertz CT molecular complexity index is 828. The van der Waals surface area contributed by atoms with E-state index in [2.05, 4.69) is 84.9 Å². The van der Waals surface area contributed by atoms with E-state index in [1.165, 1.54) is 20.9 Å². The first-order chi connectivity index (χ1) is 14.8. The number of aliphatic hydroxyl groups is 1.